The van der Waals surface area contributed by atoms with Crippen LogP contribution in [-0.4, -0.2) is 110 Å². The lowest BCUT2D eigenvalue weighted by molar-refractivity contribution is -0.124. The Hall–Kier alpha value is -5.87. The first-order valence-corrected chi connectivity index (χ1v) is 21.1. The number of nitrogens with one attached hydrogen (secondary N) is 3. The highest BCUT2D eigenvalue weighted by Crippen LogP contribution is 2.28. The second-order valence-electron chi connectivity index (χ2n) is 16.0. The van der Waals surface area contributed by atoms with Crippen molar-refractivity contribution in [2.45, 2.75) is 51.0 Å². The fraction of sp³-hybridized carbons (Fsp3) is 0.413. The van der Waals surface area contributed by atoms with Gasteiger partial charge in [-0.15, -0.1) is 0 Å². The zero-order valence-corrected chi connectivity index (χ0v) is 35.2. The van der Waals surface area contributed by atoms with Crippen LogP contribution in [0.2, 0.25) is 0 Å². The van der Waals surface area contributed by atoms with E-state index in [1.807, 2.05) is 63.3 Å². The standard InChI is InChI=1S/C22H25N5O2.C19H21N5O.C4H6O.CH4O/c1-26-12-19(11-24-26)16-2-3-17-10-23-21(9-18(17)8-16)25-22(28)15-4-6-27(7-5-15)20-13-29-14-20;1-24-12-17(11-22-24)14-2-3-15-10-21-18(9-16(15)8-14)23-19(25)13-4-6-20-7-5-13;5-4-2-1-3-4;1-2/h2-3,8-12,15,20H,4-7,13-14H2,1H3,(H,23,25,28);2-3,8-13,20H,4-7H2,1H3,(H,21,23,25);1-3H2;2H,1H3. The Morgan fingerprint density at radius 1 is 0.672 bits per heavy atom. The van der Waals surface area contributed by atoms with Crippen molar-refractivity contribution in [3.05, 3.63) is 85.7 Å². The Bertz CT molecular complexity index is 2420. The van der Waals surface area contributed by atoms with Crippen molar-refractivity contribution >= 4 is 50.8 Å². The third kappa shape index (κ3) is 11.3. The first kappa shape index (κ1) is 43.2. The monoisotopic (exact) mass is 828 g/mol. The zero-order valence-electron chi connectivity index (χ0n) is 35.2. The van der Waals surface area contributed by atoms with Gasteiger partial charge in [-0.2, -0.15) is 10.2 Å². The van der Waals surface area contributed by atoms with Crippen LogP contribution in [0.1, 0.15) is 44.9 Å². The number of ether oxygens (including phenoxy) is 1. The summed E-state index contributed by atoms with van der Waals surface area (Å²) in [5.41, 5.74) is 4.34. The summed E-state index contributed by atoms with van der Waals surface area (Å²) >= 11 is 0. The van der Waals surface area contributed by atoms with Crippen molar-refractivity contribution in [3.8, 4) is 22.3 Å². The van der Waals surface area contributed by atoms with Gasteiger partial charge in [0.05, 0.1) is 31.6 Å². The first-order valence-electron chi connectivity index (χ1n) is 21.1. The molecule has 1 aliphatic carbocycles. The number of hydrogen-bond acceptors (Lipinski definition) is 11. The van der Waals surface area contributed by atoms with Gasteiger partial charge in [0.15, 0.2) is 0 Å². The van der Waals surface area contributed by atoms with Gasteiger partial charge in [0.1, 0.15) is 17.4 Å². The normalized spacial score (nSPS) is 17.1. The predicted octanol–water partition coefficient (Wildman–Crippen LogP) is 5.61. The highest BCUT2D eigenvalue weighted by atomic mass is 16.5. The fourth-order valence-corrected chi connectivity index (χ4v) is 7.74. The van der Waals surface area contributed by atoms with Gasteiger partial charge < -0.3 is 25.8 Å². The zero-order chi connectivity index (χ0) is 42.7. The van der Waals surface area contributed by atoms with E-state index in [1.165, 1.54) is 0 Å². The molecule has 6 aromatic rings. The molecule has 3 saturated heterocycles. The van der Waals surface area contributed by atoms with Gasteiger partial charge in [0, 0.05) is 92.6 Å². The summed E-state index contributed by atoms with van der Waals surface area (Å²) in [5, 5.41) is 29.0. The van der Waals surface area contributed by atoms with E-state index < -0.39 is 0 Å². The number of nitrogens with zero attached hydrogens (tertiary/aromatic N) is 7. The largest absolute Gasteiger partial charge is 0.400 e. The van der Waals surface area contributed by atoms with Gasteiger partial charge in [-0.05, 0) is 104 Å². The first-order chi connectivity index (χ1) is 29.7. The van der Waals surface area contributed by atoms with E-state index in [2.05, 4.69) is 71.3 Å². The minimum atomic E-state index is 0.0477. The maximum atomic E-state index is 12.7. The molecule has 15 nitrogen and oxygen atoms in total. The Kier molecular flexibility index (Phi) is 14.6. The van der Waals surface area contributed by atoms with E-state index in [9.17, 15) is 14.4 Å². The maximum Gasteiger partial charge on any atom is 0.228 e. The molecule has 3 aliphatic heterocycles. The molecule has 61 heavy (non-hydrogen) atoms. The Morgan fingerprint density at radius 2 is 1.15 bits per heavy atom. The number of benzene rings is 2. The minimum absolute atomic E-state index is 0.0477. The van der Waals surface area contributed by atoms with E-state index in [-0.39, 0.29) is 23.7 Å². The molecule has 4 aromatic heterocycles. The van der Waals surface area contributed by atoms with Crippen LogP contribution in [0.25, 0.3) is 43.8 Å². The van der Waals surface area contributed by atoms with Gasteiger partial charge in [-0.3, -0.25) is 28.6 Å². The van der Waals surface area contributed by atoms with Gasteiger partial charge in [0.25, 0.3) is 0 Å². The Labute approximate surface area is 355 Å². The molecule has 1 saturated carbocycles. The topological polar surface area (TPSA) is 181 Å². The van der Waals surface area contributed by atoms with Gasteiger partial charge >= 0.3 is 0 Å². The number of aliphatic hydroxyl groups is 1. The molecular weight excluding hydrogens is 773 g/mol. The number of carbonyl (C=O) groups is 3. The lowest BCUT2D eigenvalue weighted by atomic mass is 9.94. The van der Waals surface area contributed by atoms with E-state index in [1.54, 1.807) is 15.6 Å². The third-order valence-electron chi connectivity index (χ3n) is 11.7. The molecule has 10 rings (SSSR count). The van der Waals surface area contributed by atoms with Crippen molar-refractivity contribution in [1.82, 2.24) is 39.7 Å². The summed E-state index contributed by atoms with van der Waals surface area (Å²) in [4.78, 5) is 46.3. The number of Topliss-reactive ketones (excluding diaryl/α,β-unsaturated/α-hetero) is 1. The molecule has 4 N–H and O–H groups in total. The number of hydrogen-bond donors (Lipinski definition) is 4. The van der Waals surface area contributed by atoms with Crippen molar-refractivity contribution in [2.75, 3.05) is 57.1 Å². The molecule has 2 amide bonds. The molecule has 7 heterocycles. The average Bonchev–Trinajstić information content (AvgIpc) is 3.91. The quantitative estimate of drug-likeness (QED) is 0.157. The SMILES string of the molecule is CO.Cn1cc(-c2ccc3cnc(NC(=O)C4CCN(C5COC5)CC4)cc3c2)cn1.Cn1cc(-c2ccc3cnc(NC(=O)C4CCNCC4)cc3c2)cn1.O=C1CCC1. The summed E-state index contributed by atoms with van der Waals surface area (Å²) in [6, 6.07) is 16.9. The Balaban J connectivity index is 0.000000160. The van der Waals surface area contributed by atoms with E-state index in [4.69, 9.17) is 9.84 Å². The number of aliphatic hydroxyl groups excluding tert-OH is 1. The number of aryl methyl sites for hydroxylation is 2. The van der Waals surface area contributed by atoms with Crippen LogP contribution in [-0.2, 0) is 33.2 Å². The van der Waals surface area contributed by atoms with Crippen LogP contribution < -0.4 is 16.0 Å². The van der Waals surface area contributed by atoms with Crippen molar-refractivity contribution < 1.29 is 24.2 Å². The summed E-state index contributed by atoms with van der Waals surface area (Å²) in [5.74, 6) is 1.92. The number of likely N-dealkylation sites (tertiary alicyclic amines) is 1. The van der Waals surface area contributed by atoms with Crippen LogP contribution >= 0.6 is 0 Å². The van der Waals surface area contributed by atoms with Gasteiger partial charge in [-0.1, -0.05) is 24.3 Å². The number of fused-ring (bicyclic) bond motifs is 2. The lowest BCUT2D eigenvalue weighted by Gasteiger charge is -2.41. The molecular formula is C46H56N10O5. The summed E-state index contributed by atoms with van der Waals surface area (Å²) in [6.07, 6.45) is 17.7. The van der Waals surface area contributed by atoms with Crippen LogP contribution in [0, 0.1) is 11.8 Å². The van der Waals surface area contributed by atoms with Crippen LogP contribution in [0.5, 0.6) is 0 Å². The van der Waals surface area contributed by atoms with Crippen LogP contribution in [0.4, 0.5) is 11.6 Å². The highest BCUT2D eigenvalue weighted by molar-refractivity contribution is 5.96. The summed E-state index contributed by atoms with van der Waals surface area (Å²) in [7, 11) is 4.81. The summed E-state index contributed by atoms with van der Waals surface area (Å²) in [6.45, 7) is 5.39. The number of amides is 2. The number of aromatic nitrogens is 6. The molecule has 4 fully saturated rings. The molecule has 0 spiro atoms. The number of rotatable bonds is 7. The summed E-state index contributed by atoms with van der Waals surface area (Å²) < 4.78 is 8.86. The molecule has 0 bridgehead atoms. The second-order valence-corrected chi connectivity index (χ2v) is 16.0. The van der Waals surface area contributed by atoms with E-state index in [0.717, 1.165) is 135 Å². The molecule has 0 atom stereocenters. The third-order valence-corrected chi connectivity index (χ3v) is 11.7. The molecule has 320 valence electrons. The number of piperidine rings is 2. The molecule has 2 aromatic carbocycles. The molecule has 15 heteroatoms. The molecule has 4 aliphatic rings. The van der Waals surface area contributed by atoms with Crippen molar-refractivity contribution in [2.24, 2.45) is 25.9 Å². The smallest absolute Gasteiger partial charge is 0.228 e. The van der Waals surface area contributed by atoms with Gasteiger partial charge in [-0.25, -0.2) is 9.97 Å². The number of ketones is 1. The number of anilines is 2. The van der Waals surface area contributed by atoms with Crippen LogP contribution in [0.15, 0.2) is 85.7 Å². The Morgan fingerprint density at radius 3 is 1.54 bits per heavy atom. The average molecular weight is 829 g/mol. The molecule has 0 radical (unpaired) electrons. The van der Waals surface area contributed by atoms with Crippen LogP contribution in [0.3, 0.4) is 0 Å². The van der Waals surface area contributed by atoms with Crippen molar-refractivity contribution in [1.29, 1.82) is 0 Å². The maximum absolute atomic E-state index is 12.7. The molecule has 0 unspecified atom stereocenters. The number of pyridine rings is 2. The lowest BCUT2D eigenvalue weighted by Crippen LogP contribution is -2.52. The van der Waals surface area contributed by atoms with Gasteiger partial charge in [0.2, 0.25) is 11.8 Å². The van der Waals surface area contributed by atoms with E-state index >= 15 is 0 Å². The van der Waals surface area contributed by atoms with E-state index in [0.29, 0.717) is 23.5 Å². The second kappa shape index (κ2) is 20.6. The van der Waals surface area contributed by atoms with Crippen molar-refractivity contribution in [3.63, 3.8) is 0 Å². The fourth-order valence-electron chi connectivity index (χ4n) is 7.74. The minimum Gasteiger partial charge on any atom is -0.400 e. The number of carbonyl (C=O) groups excluding carboxylic acids is 3. The predicted molar refractivity (Wildman–Crippen MR) is 237 cm³/mol. The highest BCUT2D eigenvalue weighted by Gasteiger charge is 2.32.